The van der Waals surface area contributed by atoms with Crippen molar-refractivity contribution in [3.63, 3.8) is 0 Å². The minimum absolute atomic E-state index is 0.176. The molecule has 1 amide bonds. The number of carbonyl (C=O) groups is 1. The molecule has 0 bridgehead atoms. The van der Waals surface area contributed by atoms with Crippen molar-refractivity contribution in [3.05, 3.63) is 64.1 Å². The first-order valence-electron chi connectivity index (χ1n) is 6.65. The van der Waals surface area contributed by atoms with Gasteiger partial charge < -0.3 is 5.32 Å². The number of aromatic nitrogens is 1. The molecule has 0 aliphatic carbocycles. The van der Waals surface area contributed by atoms with Crippen LogP contribution in [0.3, 0.4) is 0 Å². The van der Waals surface area contributed by atoms with Gasteiger partial charge in [-0.2, -0.15) is 0 Å². The molecule has 0 saturated heterocycles. The van der Waals surface area contributed by atoms with E-state index < -0.39 is 0 Å². The average Bonchev–Trinajstić information content (AvgIpc) is 2.45. The van der Waals surface area contributed by atoms with Gasteiger partial charge >= 0.3 is 0 Å². The smallest absolute Gasteiger partial charge is 0.251 e. The third-order valence-electron chi connectivity index (χ3n) is 3.17. The van der Waals surface area contributed by atoms with Crippen molar-refractivity contribution in [3.8, 4) is 0 Å². The zero-order chi connectivity index (χ0) is 15.4. The lowest BCUT2D eigenvalue weighted by Gasteiger charge is -2.23. The normalized spacial score (nSPS) is 12.2. The first-order chi connectivity index (χ1) is 9.97. The van der Waals surface area contributed by atoms with Crippen LogP contribution in [0.1, 0.15) is 35.8 Å². The summed E-state index contributed by atoms with van der Waals surface area (Å²) in [6.07, 6.45) is 1.57. The topological polar surface area (TPSA) is 42.0 Å². The number of halogens is 2. The molecule has 0 radical (unpaired) electrons. The molecule has 1 heterocycles. The maximum absolute atomic E-state index is 13.0. The highest BCUT2D eigenvalue weighted by Gasteiger charge is 2.19. The summed E-state index contributed by atoms with van der Waals surface area (Å²) >= 11 is 3.25. The highest BCUT2D eigenvalue weighted by Crippen LogP contribution is 2.22. The van der Waals surface area contributed by atoms with Gasteiger partial charge in [-0.1, -0.05) is 26.0 Å². The van der Waals surface area contributed by atoms with Crippen LogP contribution < -0.4 is 5.32 Å². The lowest BCUT2D eigenvalue weighted by Crippen LogP contribution is -2.31. The molecule has 0 saturated carbocycles. The average molecular weight is 351 g/mol. The Kier molecular flexibility index (Phi) is 5.07. The van der Waals surface area contributed by atoms with Gasteiger partial charge in [-0.05, 0) is 51.7 Å². The molecule has 0 fully saturated rings. The summed E-state index contributed by atoms with van der Waals surface area (Å²) < 4.78 is 13.6. The molecule has 0 aliphatic heterocycles. The molecule has 3 nitrogen and oxygen atoms in total. The summed E-state index contributed by atoms with van der Waals surface area (Å²) in [5, 5.41) is 2.99. The number of nitrogens with one attached hydrogen (secondary N) is 1. The first-order valence-corrected chi connectivity index (χ1v) is 7.44. The van der Waals surface area contributed by atoms with Gasteiger partial charge in [-0.25, -0.2) is 9.37 Å². The van der Waals surface area contributed by atoms with Gasteiger partial charge in [-0.15, -0.1) is 0 Å². The van der Waals surface area contributed by atoms with Gasteiger partial charge in [0.05, 0.1) is 6.04 Å². The molecule has 1 atom stereocenters. The number of carbonyl (C=O) groups excluding carboxylic acids is 1. The quantitative estimate of drug-likeness (QED) is 0.843. The summed E-state index contributed by atoms with van der Waals surface area (Å²) in [6.45, 7) is 4.02. The minimum atomic E-state index is -0.286. The summed E-state index contributed by atoms with van der Waals surface area (Å²) in [4.78, 5) is 16.3. The Balaban J connectivity index is 2.20. The van der Waals surface area contributed by atoms with E-state index in [0.29, 0.717) is 10.2 Å². The van der Waals surface area contributed by atoms with Gasteiger partial charge in [-0.3, -0.25) is 4.79 Å². The summed E-state index contributed by atoms with van der Waals surface area (Å²) in [5.74, 6) is -0.281. The Hall–Kier alpha value is -1.75. The number of rotatable bonds is 4. The molecule has 5 heteroatoms. The number of benzene rings is 1. The second-order valence-corrected chi connectivity index (χ2v) is 5.93. The molecular formula is C16H16BrFN2O. The summed E-state index contributed by atoms with van der Waals surface area (Å²) in [7, 11) is 0. The van der Waals surface area contributed by atoms with E-state index in [4.69, 9.17) is 0 Å². The fourth-order valence-corrected chi connectivity index (χ4v) is 2.44. The molecule has 0 spiro atoms. The van der Waals surface area contributed by atoms with Crippen molar-refractivity contribution in [1.82, 2.24) is 10.3 Å². The van der Waals surface area contributed by atoms with Gasteiger partial charge in [0.2, 0.25) is 0 Å². The summed E-state index contributed by atoms with van der Waals surface area (Å²) in [6, 6.07) is 9.34. The largest absolute Gasteiger partial charge is 0.345 e. The van der Waals surface area contributed by atoms with E-state index in [-0.39, 0.29) is 23.7 Å². The third-order valence-corrected chi connectivity index (χ3v) is 3.60. The number of nitrogens with zero attached hydrogens (tertiary/aromatic N) is 1. The predicted octanol–water partition coefficient (Wildman–Crippen LogP) is 4.11. The second kappa shape index (κ2) is 6.80. The van der Waals surface area contributed by atoms with Crippen molar-refractivity contribution in [2.45, 2.75) is 19.9 Å². The highest BCUT2D eigenvalue weighted by atomic mass is 79.9. The number of amides is 1. The van der Waals surface area contributed by atoms with E-state index >= 15 is 0 Å². The Morgan fingerprint density at radius 1 is 1.24 bits per heavy atom. The van der Waals surface area contributed by atoms with Crippen LogP contribution >= 0.6 is 15.9 Å². The van der Waals surface area contributed by atoms with Crippen molar-refractivity contribution in [2.24, 2.45) is 5.92 Å². The Morgan fingerprint density at radius 3 is 2.48 bits per heavy atom. The number of hydrogen-bond acceptors (Lipinski definition) is 2. The van der Waals surface area contributed by atoms with Crippen LogP contribution in [0.4, 0.5) is 4.39 Å². The zero-order valence-corrected chi connectivity index (χ0v) is 13.4. The molecule has 0 aliphatic rings. The van der Waals surface area contributed by atoms with Gasteiger partial charge in [0.1, 0.15) is 10.4 Å². The maximum Gasteiger partial charge on any atom is 0.251 e. The van der Waals surface area contributed by atoms with Gasteiger partial charge in [0.15, 0.2) is 0 Å². The number of hydrogen-bond donors (Lipinski definition) is 1. The maximum atomic E-state index is 13.0. The van der Waals surface area contributed by atoms with E-state index in [2.05, 4.69) is 26.2 Å². The van der Waals surface area contributed by atoms with E-state index in [1.807, 2.05) is 13.8 Å². The zero-order valence-electron chi connectivity index (χ0n) is 11.8. The standard InChI is InChI=1S/C16H16BrFN2O/c1-10(2)15(11-3-5-13(18)6-4-11)20-16(21)12-7-8-19-14(17)9-12/h3-10,15H,1-2H3,(H,20,21). The van der Waals surface area contributed by atoms with Gasteiger partial charge in [0, 0.05) is 11.8 Å². The predicted molar refractivity (Wildman–Crippen MR) is 83.4 cm³/mol. The molecule has 1 aromatic heterocycles. The van der Waals surface area contributed by atoms with Crippen molar-refractivity contribution in [1.29, 1.82) is 0 Å². The molecule has 1 N–H and O–H groups in total. The lowest BCUT2D eigenvalue weighted by atomic mass is 9.95. The molecule has 1 unspecified atom stereocenters. The van der Waals surface area contributed by atoms with Crippen LogP contribution in [0.5, 0.6) is 0 Å². The Morgan fingerprint density at radius 2 is 1.90 bits per heavy atom. The molecule has 21 heavy (non-hydrogen) atoms. The van der Waals surface area contributed by atoms with Crippen molar-refractivity contribution in [2.75, 3.05) is 0 Å². The van der Waals surface area contributed by atoms with Crippen LogP contribution in [0.15, 0.2) is 47.2 Å². The molecule has 2 aromatic rings. The van der Waals surface area contributed by atoms with E-state index in [1.54, 1.807) is 30.5 Å². The second-order valence-electron chi connectivity index (χ2n) is 5.11. The van der Waals surface area contributed by atoms with E-state index in [1.165, 1.54) is 12.1 Å². The fraction of sp³-hybridized carbons (Fsp3) is 0.250. The van der Waals surface area contributed by atoms with Crippen molar-refractivity contribution < 1.29 is 9.18 Å². The van der Waals surface area contributed by atoms with Crippen molar-refractivity contribution >= 4 is 21.8 Å². The first kappa shape index (κ1) is 15.6. The molecule has 2 rings (SSSR count). The van der Waals surface area contributed by atoms with E-state index in [0.717, 1.165) is 5.56 Å². The van der Waals surface area contributed by atoms with Crippen LogP contribution in [0.2, 0.25) is 0 Å². The van der Waals surface area contributed by atoms with Gasteiger partial charge in [0.25, 0.3) is 5.91 Å². The molecule has 1 aromatic carbocycles. The molecule has 110 valence electrons. The highest BCUT2D eigenvalue weighted by molar-refractivity contribution is 9.10. The van der Waals surface area contributed by atoms with Crippen LogP contribution in [0.25, 0.3) is 0 Å². The number of pyridine rings is 1. The molecular weight excluding hydrogens is 335 g/mol. The Bertz CT molecular complexity index is 628. The summed E-state index contributed by atoms with van der Waals surface area (Å²) in [5.41, 5.74) is 1.41. The minimum Gasteiger partial charge on any atom is -0.345 e. The van der Waals surface area contributed by atoms with E-state index in [9.17, 15) is 9.18 Å². The third kappa shape index (κ3) is 4.11. The fourth-order valence-electron chi connectivity index (χ4n) is 2.07. The SMILES string of the molecule is CC(C)C(NC(=O)c1ccnc(Br)c1)c1ccc(F)cc1. The van der Waals surface area contributed by atoms with Crippen LogP contribution in [-0.4, -0.2) is 10.9 Å². The lowest BCUT2D eigenvalue weighted by molar-refractivity contribution is 0.0925. The van der Waals surface area contributed by atoms with Crippen LogP contribution in [0, 0.1) is 11.7 Å². The monoisotopic (exact) mass is 350 g/mol. The van der Waals surface area contributed by atoms with Crippen LogP contribution in [-0.2, 0) is 0 Å². The Labute approximate surface area is 131 Å².